The van der Waals surface area contributed by atoms with Gasteiger partial charge in [0.2, 0.25) is 0 Å². The normalized spacial score (nSPS) is 19.8. The van der Waals surface area contributed by atoms with Gasteiger partial charge in [0.1, 0.15) is 0 Å². The molecule has 0 amide bonds. The van der Waals surface area contributed by atoms with E-state index in [1.165, 1.54) is 0 Å². The maximum absolute atomic E-state index is 10.8. The van der Waals surface area contributed by atoms with Gasteiger partial charge in [-0.2, -0.15) is 0 Å². The Morgan fingerprint density at radius 3 is 2.33 bits per heavy atom. The smallest absolute Gasteiger partial charge is 0.258 e. The van der Waals surface area contributed by atoms with Crippen LogP contribution in [0.25, 0.3) is 0 Å². The van der Waals surface area contributed by atoms with Crippen molar-refractivity contribution in [3.05, 3.63) is 11.5 Å². The van der Waals surface area contributed by atoms with Gasteiger partial charge in [0, 0.05) is 17.2 Å². The van der Waals surface area contributed by atoms with Gasteiger partial charge in [-0.15, -0.1) is 0 Å². The summed E-state index contributed by atoms with van der Waals surface area (Å²) in [5.41, 5.74) is 0. The van der Waals surface area contributed by atoms with Crippen LogP contribution >= 0.6 is 10.7 Å². The summed E-state index contributed by atoms with van der Waals surface area (Å²) in [5.74, 6) is 0. The molecular weight excluding hydrogens is 198 g/mol. The summed E-state index contributed by atoms with van der Waals surface area (Å²) in [6.07, 6.45) is 2.27. The molecular formula is C7H12ClNO2S. The van der Waals surface area contributed by atoms with E-state index in [9.17, 15) is 8.42 Å². The molecule has 0 unspecified atom stereocenters. The summed E-state index contributed by atoms with van der Waals surface area (Å²) in [7, 11) is 1.55. The molecule has 0 aromatic heterocycles. The predicted molar refractivity (Wildman–Crippen MR) is 49.6 cm³/mol. The first kappa shape index (κ1) is 10.0. The first-order valence-electron chi connectivity index (χ1n) is 3.85. The maximum Gasteiger partial charge on any atom is 0.258 e. The van der Waals surface area contributed by atoms with Crippen LogP contribution in [-0.2, 0) is 9.05 Å². The lowest BCUT2D eigenvalue weighted by Crippen LogP contribution is -2.23. The average Bonchev–Trinajstić information content (AvgIpc) is 2.37. The monoisotopic (exact) mass is 209 g/mol. The first-order chi connectivity index (χ1) is 5.50. The van der Waals surface area contributed by atoms with Gasteiger partial charge in [0.15, 0.2) is 0 Å². The van der Waals surface area contributed by atoms with E-state index in [2.05, 4.69) is 6.58 Å². The largest absolute Gasteiger partial charge is 0.298 e. The molecule has 5 heteroatoms. The molecule has 12 heavy (non-hydrogen) atoms. The van der Waals surface area contributed by atoms with Gasteiger partial charge in [0.05, 0.1) is 4.91 Å². The molecule has 1 rings (SSSR count). The van der Waals surface area contributed by atoms with Gasteiger partial charge < -0.3 is 0 Å². The summed E-state index contributed by atoms with van der Waals surface area (Å²) in [6, 6.07) is 0. The molecule has 0 aromatic rings. The Morgan fingerprint density at radius 1 is 1.42 bits per heavy atom. The molecule has 1 aliphatic rings. The van der Waals surface area contributed by atoms with Crippen LogP contribution in [0.15, 0.2) is 11.5 Å². The number of hydrogen-bond donors (Lipinski definition) is 0. The van der Waals surface area contributed by atoms with E-state index in [-0.39, 0.29) is 4.91 Å². The molecule has 1 saturated heterocycles. The van der Waals surface area contributed by atoms with Crippen molar-refractivity contribution in [1.82, 2.24) is 4.90 Å². The van der Waals surface area contributed by atoms with Gasteiger partial charge in [-0.05, 0) is 25.9 Å². The fraction of sp³-hybridized carbons (Fsp3) is 0.714. The topological polar surface area (TPSA) is 37.4 Å². The molecule has 0 aromatic carbocycles. The van der Waals surface area contributed by atoms with Gasteiger partial charge in [-0.25, -0.2) is 8.42 Å². The fourth-order valence-electron chi connectivity index (χ4n) is 1.27. The molecule has 0 bridgehead atoms. The highest BCUT2D eigenvalue weighted by atomic mass is 35.7. The van der Waals surface area contributed by atoms with Crippen LogP contribution in [-0.4, -0.2) is 33.0 Å². The van der Waals surface area contributed by atoms with Crippen LogP contribution in [0.3, 0.4) is 0 Å². The van der Waals surface area contributed by atoms with Gasteiger partial charge >= 0.3 is 0 Å². The Bertz CT molecular complexity index is 267. The minimum atomic E-state index is -3.55. The third-order valence-electron chi connectivity index (χ3n) is 1.94. The van der Waals surface area contributed by atoms with Crippen LogP contribution in [0, 0.1) is 0 Å². The van der Waals surface area contributed by atoms with Crippen LogP contribution < -0.4 is 0 Å². The van der Waals surface area contributed by atoms with E-state index in [0.717, 1.165) is 25.9 Å². The van der Waals surface area contributed by atoms with Crippen LogP contribution in [0.5, 0.6) is 0 Å². The third-order valence-corrected chi connectivity index (χ3v) is 3.42. The molecule has 1 fully saturated rings. The zero-order valence-corrected chi connectivity index (χ0v) is 8.36. The van der Waals surface area contributed by atoms with Crippen molar-refractivity contribution in [3.63, 3.8) is 0 Å². The Morgan fingerprint density at radius 2 is 1.92 bits per heavy atom. The molecule has 70 valence electrons. The predicted octanol–water partition coefficient (Wildman–Crippen LogP) is 1.16. The molecule has 0 aliphatic carbocycles. The van der Waals surface area contributed by atoms with E-state index in [0.29, 0.717) is 6.54 Å². The second-order valence-corrected chi connectivity index (χ2v) is 5.63. The number of likely N-dealkylation sites (tertiary alicyclic amines) is 1. The molecule has 0 atom stereocenters. The molecule has 0 saturated carbocycles. The number of hydrogen-bond acceptors (Lipinski definition) is 3. The van der Waals surface area contributed by atoms with Gasteiger partial charge in [0.25, 0.3) is 9.05 Å². The summed E-state index contributed by atoms with van der Waals surface area (Å²) >= 11 is 0. The summed E-state index contributed by atoms with van der Waals surface area (Å²) in [6.45, 7) is 5.71. The van der Waals surface area contributed by atoms with E-state index in [1.54, 1.807) is 0 Å². The first-order valence-corrected chi connectivity index (χ1v) is 6.16. The summed E-state index contributed by atoms with van der Waals surface area (Å²) in [4.78, 5) is 2.15. The Hall–Kier alpha value is -0.0600. The van der Waals surface area contributed by atoms with Crippen molar-refractivity contribution in [2.75, 3.05) is 19.6 Å². The highest BCUT2D eigenvalue weighted by molar-refractivity contribution is 8.16. The lowest BCUT2D eigenvalue weighted by atomic mass is 10.4. The third kappa shape index (κ3) is 2.77. The van der Waals surface area contributed by atoms with Crippen molar-refractivity contribution < 1.29 is 8.42 Å². The van der Waals surface area contributed by atoms with Gasteiger partial charge in [-0.3, -0.25) is 4.90 Å². The number of halogens is 1. The van der Waals surface area contributed by atoms with Crippen LogP contribution in [0.4, 0.5) is 0 Å². The van der Waals surface area contributed by atoms with E-state index in [1.807, 2.05) is 4.90 Å². The lowest BCUT2D eigenvalue weighted by Gasteiger charge is -2.13. The fourth-order valence-corrected chi connectivity index (χ4v) is 1.75. The minimum Gasteiger partial charge on any atom is -0.298 e. The average molecular weight is 210 g/mol. The van der Waals surface area contributed by atoms with E-state index in [4.69, 9.17) is 10.7 Å². The SMILES string of the molecule is C=C(CN1CCCC1)S(=O)(=O)Cl. The van der Waals surface area contributed by atoms with Crippen molar-refractivity contribution >= 4 is 19.7 Å². The molecule has 0 spiro atoms. The quantitative estimate of drug-likeness (QED) is 0.655. The Labute approximate surface area is 77.4 Å². The highest BCUT2D eigenvalue weighted by Crippen LogP contribution is 2.14. The zero-order chi connectivity index (χ0) is 9.19. The van der Waals surface area contributed by atoms with Crippen LogP contribution in [0.1, 0.15) is 12.8 Å². The van der Waals surface area contributed by atoms with Crippen molar-refractivity contribution in [3.8, 4) is 0 Å². The molecule has 1 aliphatic heterocycles. The summed E-state index contributed by atoms with van der Waals surface area (Å²) in [5, 5.41) is 0. The lowest BCUT2D eigenvalue weighted by molar-refractivity contribution is 0.374. The van der Waals surface area contributed by atoms with E-state index >= 15 is 0 Å². The number of rotatable bonds is 3. The maximum atomic E-state index is 10.8. The Kier molecular flexibility index (Phi) is 3.15. The van der Waals surface area contributed by atoms with E-state index < -0.39 is 9.05 Å². The zero-order valence-electron chi connectivity index (χ0n) is 6.79. The van der Waals surface area contributed by atoms with Gasteiger partial charge in [-0.1, -0.05) is 6.58 Å². The van der Waals surface area contributed by atoms with Crippen molar-refractivity contribution in [2.45, 2.75) is 12.8 Å². The second kappa shape index (κ2) is 3.77. The molecule has 0 N–H and O–H groups in total. The Balaban J connectivity index is 2.46. The summed E-state index contributed by atoms with van der Waals surface area (Å²) < 4.78 is 21.5. The van der Waals surface area contributed by atoms with Crippen molar-refractivity contribution in [2.24, 2.45) is 0 Å². The molecule has 0 radical (unpaired) electrons. The second-order valence-electron chi connectivity index (χ2n) is 2.96. The highest BCUT2D eigenvalue weighted by Gasteiger charge is 2.18. The molecule has 1 heterocycles. The molecule has 3 nitrogen and oxygen atoms in total. The number of nitrogens with zero attached hydrogens (tertiary/aromatic N) is 1. The van der Waals surface area contributed by atoms with Crippen molar-refractivity contribution in [1.29, 1.82) is 0 Å². The standard InChI is InChI=1S/C7H12ClNO2S/c1-7(12(8,10)11)6-9-4-2-3-5-9/h1-6H2. The van der Waals surface area contributed by atoms with Crippen LogP contribution in [0.2, 0.25) is 0 Å². The minimum absolute atomic E-state index is 0.103.